The number of sulfonamides is 1. The van der Waals surface area contributed by atoms with E-state index < -0.39 is 16.1 Å². The largest absolute Gasteiger partial charge is 0.454 e. The van der Waals surface area contributed by atoms with Crippen molar-refractivity contribution in [3.8, 4) is 11.5 Å². The molecule has 2 heterocycles. The first-order valence-electron chi connectivity index (χ1n) is 10.4. The molecule has 2 aromatic carbocycles. The summed E-state index contributed by atoms with van der Waals surface area (Å²) >= 11 is 0. The van der Waals surface area contributed by atoms with Gasteiger partial charge in [0.15, 0.2) is 11.5 Å². The standard InChI is InChI=1S/C22H27N3O6S/c1-16(24(2)14-17-6-7-20-21(12-17)31-15-30-20)22(26)23-18-4-3-5-19(13-18)32(27,28)25-8-10-29-11-9-25/h3-7,12-13,16H,8-11,14-15H2,1-2H3,(H,23,26). The van der Waals surface area contributed by atoms with Crippen LogP contribution in [0.25, 0.3) is 0 Å². The Balaban J connectivity index is 1.40. The van der Waals surface area contributed by atoms with Gasteiger partial charge in [-0.2, -0.15) is 4.31 Å². The fourth-order valence-electron chi connectivity index (χ4n) is 3.58. The number of fused-ring (bicyclic) bond motifs is 1. The van der Waals surface area contributed by atoms with Gasteiger partial charge in [-0.3, -0.25) is 9.69 Å². The average molecular weight is 462 g/mol. The zero-order valence-corrected chi connectivity index (χ0v) is 18.9. The van der Waals surface area contributed by atoms with E-state index in [2.05, 4.69) is 5.32 Å². The Morgan fingerprint density at radius 2 is 1.88 bits per heavy atom. The van der Waals surface area contributed by atoms with Gasteiger partial charge in [0, 0.05) is 25.3 Å². The number of anilines is 1. The van der Waals surface area contributed by atoms with Crippen LogP contribution in [0.2, 0.25) is 0 Å². The van der Waals surface area contributed by atoms with E-state index in [9.17, 15) is 13.2 Å². The smallest absolute Gasteiger partial charge is 0.243 e. The van der Waals surface area contributed by atoms with Crippen molar-refractivity contribution in [3.05, 3.63) is 48.0 Å². The third kappa shape index (κ3) is 4.88. The molecule has 1 N–H and O–H groups in total. The highest BCUT2D eigenvalue weighted by molar-refractivity contribution is 7.89. The van der Waals surface area contributed by atoms with Crippen LogP contribution in [0.5, 0.6) is 11.5 Å². The molecule has 0 aromatic heterocycles. The summed E-state index contributed by atoms with van der Waals surface area (Å²) in [5.41, 5.74) is 1.43. The van der Waals surface area contributed by atoms with E-state index in [1.54, 1.807) is 19.1 Å². The minimum absolute atomic E-state index is 0.151. The van der Waals surface area contributed by atoms with Crippen LogP contribution in [0, 0.1) is 0 Å². The molecule has 0 aliphatic carbocycles. The summed E-state index contributed by atoms with van der Waals surface area (Å²) in [5.74, 6) is 1.19. The van der Waals surface area contributed by atoms with E-state index in [1.807, 2.05) is 30.1 Å². The minimum Gasteiger partial charge on any atom is -0.454 e. The van der Waals surface area contributed by atoms with Gasteiger partial charge >= 0.3 is 0 Å². The van der Waals surface area contributed by atoms with Crippen LogP contribution >= 0.6 is 0 Å². The number of rotatable bonds is 7. The van der Waals surface area contributed by atoms with Crippen molar-refractivity contribution in [3.63, 3.8) is 0 Å². The summed E-state index contributed by atoms with van der Waals surface area (Å²) < 4.78 is 43.1. The number of amides is 1. The molecule has 172 valence electrons. The van der Waals surface area contributed by atoms with Crippen molar-refractivity contribution >= 4 is 21.6 Å². The van der Waals surface area contributed by atoms with Crippen LogP contribution < -0.4 is 14.8 Å². The Labute approximate surface area is 187 Å². The molecule has 0 saturated carbocycles. The highest BCUT2D eigenvalue weighted by atomic mass is 32.2. The van der Waals surface area contributed by atoms with Gasteiger partial charge in [0.1, 0.15) is 0 Å². The topological polar surface area (TPSA) is 97.4 Å². The van der Waals surface area contributed by atoms with Crippen LogP contribution in [-0.2, 0) is 26.1 Å². The van der Waals surface area contributed by atoms with Crippen molar-refractivity contribution in [2.75, 3.05) is 45.5 Å². The summed E-state index contributed by atoms with van der Waals surface area (Å²) in [6.45, 7) is 3.95. The number of carbonyl (C=O) groups is 1. The highest BCUT2D eigenvalue weighted by Gasteiger charge is 2.27. The predicted octanol–water partition coefficient (Wildman–Crippen LogP) is 1.90. The Bertz CT molecular complexity index is 1080. The summed E-state index contributed by atoms with van der Waals surface area (Å²) in [4.78, 5) is 14.9. The number of benzene rings is 2. The Morgan fingerprint density at radius 1 is 1.12 bits per heavy atom. The van der Waals surface area contributed by atoms with Gasteiger partial charge in [-0.15, -0.1) is 0 Å². The second kappa shape index (κ2) is 9.45. The number of carbonyl (C=O) groups excluding carboxylic acids is 1. The lowest BCUT2D eigenvalue weighted by Crippen LogP contribution is -2.40. The maximum atomic E-state index is 12.9. The van der Waals surface area contributed by atoms with Crippen LogP contribution in [-0.4, -0.2) is 69.7 Å². The SMILES string of the molecule is CC(C(=O)Nc1cccc(S(=O)(=O)N2CCOCC2)c1)N(C)Cc1ccc2c(c1)OCO2. The first kappa shape index (κ1) is 22.5. The fraction of sp³-hybridized carbons (Fsp3) is 0.409. The van der Waals surface area contributed by atoms with Gasteiger partial charge in [0.2, 0.25) is 22.7 Å². The molecule has 0 bridgehead atoms. The number of morpholine rings is 1. The molecule has 0 radical (unpaired) electrons. The molecule has 1 fully saturated rings. The molecular weight excluding hydrogens is 434 g/mol. The zero-order valence-electron chi connectivity index (χ0n) is 18.1. The molecule has 4 rings (SSSR count). The van der Waals surface area contributed by atoms with Crippen molar-refractivity contribution in [2.45, 2.75) is 24.4 Å². The lowest BCUT2D eigenvalue weighted by molar-refractivity contribution is -0.120. The molecule has 2 aliphatic rings. The number of hydrogen-bond acceptors (Lipinski definition) is 7. The molecule has 2 aliphatic heterocycles. The second-order valence-corrected chi connectivity index (χ2v) is 9.75. The highest BCUT2D eigenvalue weighted by Crippen LogP contribution is 2.32. The monoisotopic (exact) mass is 461 g/mol. The number of hydrogen-bond donors (Lipinski definition) is 1. The molecule has 9 nitrogen and oxygen atoms in total. The third-order valence-electron chi connectivity index (χ3n) is 5.62. The molecule has 1 saturated heterocycles. The summed E-state index contributed by atoms with van der Waals surface area (Å²) in [6, 6.07) is 11.6. The second-order valence-electron chi connectivity index (χ2n) is 7.81. The molecule has 32 heavy (non-hydrogen) atoms. The van der Waals surface area contributed by atoms with Gasteiger partial charge < -0.3 is 19.5 Å². The van der Waals surface area contributed by atoms with E-state index in [1.165, 1.54) is 16.4 Å². The summed E-state index contributed by atoms with van der Waals surface area (Å²) in [6.07, 6.45) is 0. The number of nitrogens with zero attached hydrogens (tertiary/aromatic N) is 2. The Morgan fingerprint density at radius 3 is 2.66 bits per heavy atom. The number of ether oxygens (including phenoxy) is 3. The van der Waals surface area contributed by atoms with Gasteiger partial charge in [-0.05, 0) is 49.9 Å². The predicted molar refractivity (Wildman–Crippen MR) is 118 cm³/mol. The summed E-state index contributed by atoms with van der Waals surface area (Å²) in [5, 5.41) is 2.83. The third-order valence-corrected chi connectivity index (χ3v) is 7.51. The molecule has 2 aromatic rings. The van der Waals surface area contributed by atoms with E-state index in [4.69, 9.17) is 14.2 Å². The van der Waals surface area contributed by atoms with E-state index in [-0.39, 0.29) is 17.6 Å². The van der Waals surface area contributed by atoms with Crippen molar-refractivity contribution in [1.29, 1.82) is 0 Å². The zero-order chi connectivity index (χ0) is 22.7. The van der Waals surface area contributed by atoms with Crippen LogP contribution in [0.3, 0.4) is 0 Å². The Hall–Kier alpha value is -2.66. The first-order valence-corrected chi connectivity index (χ1v) is 11.9. The van der Waals surface area contributed by atoms with E-state index in [0.29, 0.717) is 50.0 Å². The van der Waals surface area contributed by atoms with E-state index >= 15 is 0 Å². The molecule has 1 atom stereocenters. The van der Waals surface area contributed by atoms with Crippen molar-refractivity contribution in [2.24, 2.45) is 0 Å². The number of nitrogens with one attached hydrogen (secondary N) is 1. The van der Waals surface area contributed by atoms with Crippen LogP contribution in [0.15, 0.2) is 47.4 Å². The normalized spacial score (nSPS) is 17.3. The van der Waals surface area contributed by atoms with Crippen LogP contribution in [0.1, 0.15) is 12.5 Å². The Kier molecular flexibility index (Phi) is 6.66. The van der Waals surface area contributed by atoms with Gasteiger partial charge in [-0.25, -0.2) is 8.42 Å². The van der Waals surface area contributed by atoms with Gasteiger partial charge in [0.05, 0.1) is 24.2 Å². The molecule has 10 heteroatoms. The van der Waals surface area contributed by atoms with Crippen molar-refractivity contribution in [1.82, 2.24) is 9.21 Å². The summed E-state index contributed by atoms with van der Waals surface area (Å²) in [7, 11) is -1.78. The lowest BCUT2D eigenvalue weighted by Gasteiger charge is -2.26. The molecule has 1 amide bonds. The van der Waals surface area contributed by atoms with Crippen molar-refractivity contribution < 1.29 is 27.4 Å². The fourth-order valence-corrected chi connectivity index (χ4v) is 5.04. The maximum absolute atomic E-state index is 12.9. The maximum Gasteiger partial charge on any atom is 0.243 e. The van der Waals surface area contributed by atoms with E-state index in [0.717, 1.165) is 5.56 Å². The molecule has 1 unspecified atom stereocenters. The quantitative estimate of drug-likeness (QED) is 0.673. The van der Waals surface area contributed by atoms with Gasteiger partial charge in [0.25, 0.3) is 0 Å². The molecule has 0 spiro atoms. The van der Waals surface area contributed by atoms with Gasteiger partial charge in [-0.1, -0.05) is 12.1 Å². The lowest BCUT2D eigenvalue weighted by atomic mass is 10.1. The first-order chi connectivity index (χ1) is 15.3. The van der Waals surface area contributed by atoms with Crippen LogP contribution in [0.4, 0.5) is 5.69 Å². The average Bonchev–Trinajstić information content (AvgIpc) is 3.27. The minimum atomic E-state index is -3.63. The molecular formula is C22H27N3O6S. The number of likely N-dealkylation sites (N-methyl/N-ethyl adjacent to an activating group) is 1.